The summed E-state index contributed by atoms with van der Waals surface area (Å²) in [5, 5.41) is 11.3. The van der Waals surface area contributed by atoms with Crippen LogP contribution in [0.25, 0.3) is 11.4 Å². The summed E-state index contributed by atoms with van der Waals surface area (Å²) in [4.78, 5) is 33.8. The molecule has 1 atom stereocenters. The maximum absolute atomic E-state index is 13.6. The number of Topliss-reactive ketones (excluding diaryl/α,β-unsaturated/α-hetero) is 1. The zero-order valence-corrected chi connectivity index (χ0v) is 17.5. The monoisotopic (exact) mass is 422 g/mol. The van der Waals surface area contributed by atoms with Crippen LogP contribution in [0.4, 0.5) is 4.39 Å². The molecular weight excluding hydrogens is 399 g/mol. The number of rotatable bonds is 5. The molecule has 2 aromatic heterocycles. The van der Waals surface area contributed by atoms with E-state index in [0.29, 0.717) is 29.1 Å². The number of hydrogen-bond donors (Lipinski definition) is 1. The zero-order valence-electron chi connectivity index (χ0n) is 17.5. The number of aromatic nitrogens is 2. The molecule has 0 radical (unpaired) electrons. The van der Waals surface area contributed by atoms with Crippen molar-refractivity contribution in [2.45, 2.75) is 13.0 Å². The summed E-state index contributed by atoms with van der Waals surface area (Å²) in [6, 6.07) is 10.2. The van der Waals surface area contributed by atoms with Crippen LogP contribution in [0.2, 0.25) is 0 Å². The molecule has 1 amide bonds. The number of carbonyl (C=O) groups excluding carboxylic acids is 2. The predicted molar refractivity (Wildman–Crippen MR) is 114 cm³/mol. The molecule has 1 N–H and O–H groups in total. The van der Waals surface area contributed by atoms with E-state index in [0.717, 1.165) is 0 Å². The minimum Gasteiger partial charge on any atom is -0.505 e. The van der Waals surface area contributed by atoms with Crippen LogP contribution in [0.5, 0.6) is 0 Å². The van der Waals surface area contributed by atoms with E-state index in [1.54, 1.807) is 29.7 Å². The van der Waals surface area contributed by atoms with Crippen LogP contribution in [0.1, 0.15) is 23.0 Å². The molecule has 1 unspecified atom stereocenters. The maximum atomic E-state index is 13.6. The summed E-state index contributed by atoms with van der Waals surface area (Å²) in [5.41, 5.74) is 2.02. The molecule has 8 heteroatoms. The van der Waals surface area contributed by atoms with E-state index in [1.165, 1.54) is 29.2 Å². The molecule has 4 rings (SSSR count). The zero-order chi connectivity index (χ0) is 22.3. The number of ketones is 1. The molecule has 1 fully saturated rings. The smallest absolute Gasteiger partial charge is 0.295 e. The minimum absolute atomic E-state index is 0.0240. The van der Waals surface area contributed by atoms with Crippen LogP contribution in [-0.4, -0.2) is 63.2 Å². The third kappa shape index (κ3) is 3.59. The Hall–Kier alpha value is -3.52. The lowest BCUT2D eigenvalue weighted by molar-refractivity contribution is -0.140. The quantitative estimate of drug-likeness (QED) is 0.389. The lowest BCUT2D eigenvalue weighted by Gasteiger charge is -2.26. The van der Waals surface area contributed by atoms with Gasteiger partial charge in [-0.2, -0.15) is 0 Å². The Labute approximate surface area is 179 Å². The number of likely N-dealkylation sites (tertiary alicyclic amines) is 1. The number of amides is 1. The second kappa shape index (κ2) is 7.96. The Balaban J connectivity index is 1.92. The molecule has 0 saturated carbocycles. The fraction of sp³-hybridized carbons (Fsp3) is 0.261. The Morgan fingerprint density at radius 2 is 1.87 bits per heavy atom. The number of aryl methyl sites for hydroxylation is 1. The lowest BCUT2D eigenvalue weighted by Crippen LogP contribution is -2.35. The molecule has 7 nitrogen and oxygen atoms in total. The first kappa shape index (κ1) is 20.7. The van der Waals surface area contributed by atoms with Gasteiger partial charge in [-0.05, 0) is 50.8 Å². The molecule has 1 aromatic carbocycles. The molecule has 31 heavy (non-hydrogen) atoms. The summed E-state index contributed by atoms with van der Waals surface area (Å²) < 4.78 is 15.2. The summed E-state index contributed by atoms with van der Waals surface area (Å²) >= 11 is 0. The van der Waals surface area contributed by atoms with Gasteiger partial charge in [-0.25, -0.2) is 9.37 Å². The SMILES string of the molecule is Cc1nc2ccccn2c1C(O)=C1C(=O)C(=O)N(CCN(C)C)C1c1ccc(F)cc1. The van der Waals surface area contributed by atoms with Gasteiger partial charge in [0.15, 0.2) is 5.76 Å². The van der Waals surface area contributed by atoms with Gasteiger partial charge in [-0.1, -0.05) is 18.2 Å². The average Bonchev–Trinajstić information content (AvgIpc) is 3.20. The van der Waals surface area contributed by atoms with Gasteiger partial charge in [0.2, 0.25) is 0 Å². The van der Waals surface area contributed by atoms with Gasteiger partial charge in [-0.15, -0.1) is 0 Å². The van der Waals surface area contributed by atoms with Gasteiger partial charge in [0.25, 0.3) is 11.7 Å². The van der Waals surface area contributed by atoms with Crippen LogP contribution in [-0.2, 0) is 9.59 Å². The highest BCUT2D eigenvalue weighted by Gasteiger charge is 2.46. The highest BCUT2D eigenvalue weighted by Crippen LogP contribution is 2.39. The second-order valence-electron chi connectivity index (χ2n) is 7.82. The Kier molecular flexibility index (Phi) is 5.32. The van der Waals surface area contributed by atoms with Crippen LogP contribution in [0, 0.1) is 12.7 Å². The van der Waals surface area contributed by atoms with E-state index in [4.69, 9.17) is 0 Å². The summed E-state index contributed by atoms with van der Waals surface area (Å²) in [6.07, 6.45) is 1.74. The molecule has 1 saturated heterocycles. The van der Waals surface area contributed by atoms with Crippen molar-refractivity contribution in [2.24, 2.45) is 0 Å². The summed E-state index contributed by atoms with van der Waals surface area (Å²) in [5.74, 6) is -2.18. The molecular formula is C23H23FN4O3. The highest BCUT2D eigenvalue weighted by atomic mass is 19.1. The molecule has 1 aliphatic rings. The molecule has 1 aliphatic heterocycles. The van der Waals surface area contributed by atoms with Gasteiger partial charge in [0.1, 0.15) is 17.2 Å². The van der Waals surface area contributed by atoms with Crippen molar-refractivity contribution in [3.63, 3.8) is 0 Å². The van der Waals surface area contributed by atoms with Gasteiger partial charge < -0.3 is 14.9 Å². The number of hydrogen-bond acceptors (Lipinski definition) is 5. The van der Waals surface area contributed by atoms with E-state index in [2.05, 4.69) is 4.98 Å². The number of aliphatic hydroxyl groups excluding tert-OH is 1. The predicted octanol–water partition coefficient (Wildman–Crippen LogP) is 2.77. The van der Waals surface area contributed by atoms with E-state index >= 15 is 0 Å². The number of aliphatic hydroxyl groups is 1. The fourth-order valence-electron chi connectivity index (χ4n) is 3.94. The van der Waals surface area contributed by atoms with E-state index < -0.39 is 23.5 Å². The van der Waals surface area contributed by atoms with Crippen molar-refractivity contribution in [3.8, 4) is 0 Å². The first-order valence-electron chi connectivity index (χ1n) is 9.92. The number of nitrogens with zero attached hydrogens (tertiary/aromatic N) is 4. The van der Waals surface area contributed by atoms with Gasteiger partial charge in [0, 0.05) is 19.3 Å². The van der Waals surface area contributed by atoms with Crippen molar-refractivity contribution in [1.82, 2.24) is 19.2 Å². The largest absolute Gasteiger partial charge is 0.505 e. The van der Waals surface area contributed by atoms with Crippen molar-refractivity contribution in [3.05, 3.63) is 77.0 Å². The Morgan fingerprint density at radius 3 is 2.55 bits per heavy atom. The third-order valence-corrected chi connectivity index (χ3v) is 5.44. The highest BCUT2D eigenvalue weighted by molar-refractivity contribution is 6.46. The standard InChI is InChI=1S/C23H23FN4O3/c1-14-19(27-11-5-4-6-17(27)25-14)21(29)18-20(15-7-9-16(24)10-8-15)28(13-12-26(2)3)23(31)22(18)30/h4-11,20,29H,12-13H2,1-3H3. The molecule has 0 bridgehead atoms. The fourth-order valence-corrected chi connectivity index (χ4v) is 3.94. The first-order valence-corrected chi connectivity index (χ1v) is 9.92. The van der Waals surface area contributed by atoms with Crippen LogP contribution >= 0.6 is 0 Å². The number of likely N-dealkylation sites (N-methyl/N-ethyl adjacent to an activating group) is 1. The van der Waals surface area contributed by atoms with E-state index in [9.17, 15) is 19.1 Å². The van der Waals surface area contributed by atoms with Crippen molar-refractivity contribution in [2.75, 3.05) is 27.2 Å². The van der Waals surface area contributed by atoms with E-state index in [-0.39, 0.29) is 17.9 Å². The molecule has 160 valence electrons. The van der Waals surface area contributed by atoms with Gasteiger partial charge in [-0.3, -0.25) is 14.0 Å². The van der Waals surface area contributed by atoms with Gasteiger partial charge in [0.05, 0.1) is 17.3 Å². The van der Waals surface area contributed by atoms with Crippen LogP contribution < -0.4 is 0 Å². The second-order valence-corrected chi connectivity index (χ2v) is 7.82. The number of imidazole rings is 1. The normalized spacial score (nSPS) is 18.5. The number of benzene rings is 1. The first-order chi connectivity index (χ1) is 14.8. The molecule has 0 spiro atoms. The van der Waals surface area contributed by atoms with E-state index in [1.807, 2.05) is 25.1 Å². The summed E-state index contributed by atoms with van der Waals surface area (Å²) in [7, 11) is 3.73. The third-order valence-electron chi connectivity index (χ3n) is 5.44. The number of halogens is 1. The van der Waals surface area contributed by atoms with Crippen LogP contribution in [0.3, 0.4) is 0 Å². The average molecular weight is 422 g/mol. The number of carbonyl (C=O) groups is 2. The minimum atomic E-state index is -0.825. The van der Waals surface area contributed by atoms with Crippen molar-refractivity contribution < 1.29 is 19.1 Å². The topological polar surface area (TPSA) is 78.1 Å². The summed E-state index contributed by atoms with van der Waals surface area (Å²) in [6.45, 7) is 2.54. The van der Waals surface area contributed by atoms with Crippen molar-refractivity contribution >= 4 is 23.1 Å². The van der Waals surface area contributed by atoms with Crippen molar-refractivity contribution in [1.29, 1.82) is 0 Å². The number of fused-ring (bicyclic) bond motifs is 1. The molecule has 3 heterocycles. The maximum Gasteiger partial charge on any atom is 0.295 e. The molecule has 3 aromatic rings. The van der Waals surface area contributed by atoms with Crippen LogP contribution in [0.15, 0.2) is 54.2 Å². The Bertz CT molecular complexity index is 1200. The molecule has 0 aliphatic carbocycles. The Morgan fingerprint density at radius 1 is 1.16 bits per heavy atom. The number of pyridine rings is 1. The van der Waals surface area contributed by atoms with Gasteiger partial charge >= 0.3 is 0 Å². The lowest BCUT2D eigenvalue weighted by atomic mass is 9.96.